The zero-order valence-corrected chi connectivity index (χ0v) is 19.6. The van der Waals surface area contributed by atoms with Crippen LogP contribution in [0, 0.1) is 12.8 Å². The first-order valence-corrected chi connectivity index (χ1v) is 11.2. The maximum absolute atomic E-state index is 14.0. The second-order valence-corrected chi connectivity index (χ2v) is 8.72. The smallest absolute Gasteiger partial charge is 0.320 e. The van der Waals surface area contributed by atoms with Gasteiger partial charge >= 0.3 is 6.55 Å². The Morgan fingerprint density at radius 2 is 2.06 bits per heavy atom. The predicted molar refractivity (Wildman–Crippen MR) is 128 cm³/mol. The molecule has 2 amide bonds. The lowest BCUT2D eigenvalue weighted by Crippen LogP contribution is -2.28. The molecular weight excluding hydrogens is 472 g/mol. The molecule has 5 rings (SSSR count). The molecule has 4 heterocycles. The van der Waals surface area contributed by atoms with Gasteiger partial charge in [0.05, 0.1) is 28.8 Å². The van der Waals surface area contributed by atoms with Crippen molar-refractivity contribution in [1.29, 1.82) is 0 Å². The third-order valence-electron chi connectivity index (χ3n) is 6.39. The Hall–Kier alpha value is -4.16. The highest BCUT2D eigenvalue weighted by Gasteiger charge is 2.35. The van der Waals surface area contributed by atoms with E-state index in [1.54, 1.807) is 13.1 Å². The van der Waals surface area contributed by atoms with Crippen LogP contribution in [0.2, 0.25) is 0 Å². The molecule has 0 bridgehead atoms. The van der Waals surface area contributed by atoms with E-state index in [2.05, 4.69) is 30.8 Å². The second-order valence-electron chi connectivity index (χ2n) is 8.72. The average molecular weight is 501 g/mol. The molecule has 1 saturated carbocycles. The van der Waals surface area contributed by atoms with Crippen LogP contribution in [-0.2, 0) is 4.79 Å². The van der Waals surface area contributed by atoms with Crippen molar-refractivity contribution < 1.29 is 22.5 Å². The molecule has 188 valence electrons. The fourth-order valence-electron chi connectivity index (χ4n) is 4.31. The molecule has 1 aliphatic heterocycles. The van der Waals surface area contributed by atoms with Crippen LogP contribution in [0.1, 0.15) is 58.5 Å². The summed E-state index contributed by atoms with van der Waals surface area (Å²) in [5, 5.41) is 15.2. The number of fused-ring (bicyclic) bond motifs is 3. The van der Waals surface area contributed by atoms with Gasteiger partial charge in [0.1, 0.15) is 5.82 Å². The summed E-state index contributed by atoms with van der Waals surface area (Å²) >= 11 is 0. The Kier molecular flexibility index (Phi) is 4.91. The Morgan fingerprint density at radius 3 is 2.75 bits per heavy atom. The van der Waals surface area contributed by atoms with Crippen molar-refractivity contribution in [2.75, 3.05) is 29.6 Å². The summed E-state index contributed by atoms with van der Waals surface area (Å²) in [6.07, 6.45) is 2.93. The number of nitrogens with one attached hydrogen (secondary N) is 3. The van der Waals surface area contributed by atoms with E-state index in [1.165, 1.54) is 19.2 Å². The quantitative estimate of drug-likeness (QED) is 0.470. The largest absolute Gasteiger partial charge is 0.363 e. The van der Waals surface area contributed by atoms with Crippen LogP contribution in [-0.4, -0.2) is 50.6 Å². The Bertz CT molecular complexity index is 1470. The SMILES string of the molecule is [2H]C([2H])([2H])NC(=O)c1nnc(NC(=O)C2CC2)cc1Nc1nccc2c1N(C)[C@@H](C)c1nc(C)n(C(F)F)c1-2. The lowest BCUT2D eigenvalue weighted by atomic mass is 9.98. The van der Waals surface area contributed by atoms with E-state index in [0.717, 1.165) is 17.4 Å². The summed E-state index contributed by atoms with van der Waals surface area (Å²) in [4.78, 5) is 35.6. The highest BCUT2D eigenvalue weighted by atomic mass is 19.3. The van der Waals surface area contributed by atoms with Crippen molar-refractivity contribution in [3.05, 3.63) is 35.5 Å². The number of carbonyl (C=O) groups is 2. The molecule has 0 unspecified atom stereocenters. The number of halogens is 2. The van der Waals surface area contributed by atoms with Crippen molar-refractivity contribution in [2.24, 2.45) is 5.92 Å². The number of alkyl halides is 2. The molecule has 0 saturated heterocycles. The third-order valence-corrected chi connectivity index (χ3v) is 6.39. The number of aryl methyl sites for hydroxylation is 1. The topological polar surface area (TPSA) is 130 Å². The number of amides is 2. The van der Waals surface area contributed by atoms with Crippen LogP contribution in [0.3, 0.4) is 0 Å². The van der Waals surface area contributed by atoms with Crippen molar-refractivity contribution >= 4 is 34.8 Å². The van der Waals surface area contributed by atoms with Gasteiger partial charge in [0.2, 0.25) is 5.91 Å². The van der Waals surface area contributed by atoms with Gasteiger partial charge in [0, 0.05) is 41.9 Å². The number of imidazole rings is 1. The van der Waals surface area contributed by atoms with Gasteiger partial charge in [0.15, 0.2) is 17.3 Å². The minimum Gasteiger partial charge on any atom is -0.363 e. The molecule has 13 heteroatoms. The van der Waals surface area contributed by atoms with Crippen LogP contribution >= 0.6 is 0 Å². The molecule has 0 spiro atoms. The van der Waals surface area contributed by atoms with E-state index in [9.17, 15) is 18.4 Å². The maximum atomic E-state index is 14.0. The molecule has 2 aliphatic rings. The Labute approximate surface area is 209 Å². The van der Waals surface area contributed by atoms with Gasteiger partial charge in [-0.25, -0.2) is 9.97 Å². The standard InChI is InChI=1S/C23H25F2N9O2/c1-10-16-18(34(23(24)25)11(2)28-16)13-7-8-27-20(19(13)33(10)4)29-14-9-15(30-21(35)12-5-6-12)31-32-17(14)22(36)26-3/h7-10,12,23H,5-6H2,1-4H3,(H,26,36)(H2,27,29,30,31,35)/t10-/m0/s1/i3D3. The average Bonchev–Trinajstić information content (AvgIpc) is 3.63. The molecule has 0 radical (unpaired) electrons. The molecule has 3 aromatic heterocycles. The van der Waals surface area contributed by atoms with Gasteiger partial charge < -0.3 is 20.9 Å². The first-order valence-electron chi connectivity index (χ1n) is 12.7. The molecule has 3 N–H and O–H groups in total. The molecule has 36 heavy (non-hydrogen) atoms. The fourth-order valence-corrected chi connectivity index (χ4v) is 4.31. The first kappa shape index (κ1) is 20.1. The molecule has 1 fully saturated rings. The Balaban J connectivity index is 1.60. The number of hydrogen-bond acceptors (Lipinski definition) is 8. The van der Waals surface area contributed by atoms with Crippen LogP contribution in [0.5, 0.6) is 0 Å². The third kappa shape index (κ3) is 3.89. The highest BCUT2D eigenvalue weighted by molar-refractivity contribution is 6.00. The van der Waals surface area contributed by atoms with Gasteiger partial charge in [0.25, 0.3) is 5.91 Å². The highest BCUT2D eigenvalue weighted by Crippen LogP contribution is 2.48. The van der Waals surface area contributed by atoms with Gasteiger partial charge in [-0.2, -0.15) is 8.78 Å². The molecule has 1 aliphatic carbocycles. The minimum absolute atomic E-state index is 0.00384. The zero-order valence-electron chi connectivity index (χ0n) is 22.6. The summed E-state index contributed by atoms with van der Waals surface area (Å²) in [6.45, 7) is -2.30. The number of nitrogens with zero attached hydrogens (tertiary/aromatic N) is 6. The van der Waals surface area contributed by atoms with E-state index < -0.39 is 25.5 Å². The molecule has 1 atom stereocenters. The number of carbonyl (C=O) groups excluding carboxylic acids is 2. The summed E-state index contributed by atoms with van der Waals surface area (Å²) in [7, 11) is 1.75. The lowest BCUT2D eigenvalue weighted by molar-refractivity contribution is -0.117. The van der Waals surface area contributed by atoms with Gasteiger partial charge in [-0.1, -0.05) is 0 Å². The van der Waals surface area contributed by atoms with Gasteiger partial charge in [-0.3, -0.25) is 14.2 Å². The van der Waals surface area contributed by atoms with E-state index in [-0.39, 0.29) is 46.4 Å². The number of pyridine rings is 1. The number of aromatic nitrogens is 5. The van der Waals surface area contributed by atoms with Gasteiger partial charge in [-0.15, -0.1) is 10.2 Å². The first-order chi connectivity index (χ1) is 18.4. The normalized spacial score (nSPS) is 18.0. The lowest BCUT2D eigenvalue weighted by Gasteiger charge is -2.34. The van der Waals surface area contributed by atoms with Crippen LogP contribution < -0.4 is 20.9 Å². The summed E-state index contributed by atoms with van der Waals surface area (Å²) in [5.41, 5.74) is 1.25. The van der Waals surface area contributed by atoms with Crippen molar-refractivity contribution in [3.8, 4) is 11.3 Å². The molecular formula is C23H25F2N9O2. The number of anilines is 4. The minimum atomic E-state index is -2.83. The maximum Gasteiger partial charge on any atom is 0.320 e. The van der Waals surface area contributed by atoms with Crippen LogP contribution in [0.15, 0.2) is 18.3 Å². The predicted octanol–water partition coefficient (Wildman–Crippen LogP) is 3.40. The summed E-state index contributed by atoms with van der Waals surface area (Å²) in [6, 6.07) is 2.53. The molecule has 0 aromatic carbocycles. The molecule has 11 nitrogen and oxygen atoms in total. The van der Waals surface area contributed by atoms with E-state index in [1.807, 2.05) is 17.1 Å². The summed E-state index contributed by atoms with van der Waals surface area (Å²) in [5.74, 6) is -1.03. The molecule has 3 aromatic rings. The summed E-state index contributed by atoms with van der Waals surface area (Å²) < 4.78 is 51.1. The number of hydrogen-bond donors (Lipinski definition) is 3. The van der Waals surface area contributed by atoms with E-state index in [4.69, 9.17) is 4.11 Å². The van der Waals surface area contributed by atoms with Gasteiger partial charge in [-0.05, 0) is 32.8 Å². The van der Waals surface area contributed by atoms with Crippen molar-refractivity contribution in [2.45, 2.75) is 39.3 Å². The zero-order chi connectivity index (χ0) is 28.2. The fraction of sp³-hybridized carbons (Fsp3) is 0.391. The van der Waals surface area contributed by atoms with Crippen LogP contribution in [0.4, 0.5) is 31.8 Å². The monoisotopic (exact) mass is 500 g/mol. The second kappa shape index (κ2) is 8.81. The van der Waals surface area contributed by atoms with Crippen LogP contribution in [0.25, 0.3) is 11.3 Å². The Morgan fingerprint density at radius 1 is 1.28 bits per heavy atom. The number of rotatable bonds is 6. The van der Waals surface area contributed by atoms with Crippen molar-refractivity contribution in [3.63, 3.8) is 0 Å². The van der Waals surface area contributed by atoms with E-state index >= 15 is 0 Å². The van der Waals surface area contributed by atoms with Crippen molar-refractivity contribution in [1.82, 2.24) is 30.0 Å². The van der Waals surface area contributed by atoms with E-state index in [0.29, 0.717) is 16.9 Å².